The van der Waals surface area contributed by atoms with Gasteiger partial charge in [-0.25, -0.2) is 0 Å². The van der Waals surface area contributed by atoms with Crippen molar-refractivity contribution >= 4 is 52.1 Å². The van der Waals surface area contributed by atoms with Gasteiger partial charge >= 0.3 is 5.97 Å². The normalized spacial score (nSPS) is 13.6. The molecule has 4 nitrogen and oxygen atoms in total. The van der Waals surface area contributed by atoms with E-state index < -0.39 is 5.97 Å². The minimum absolute atomic E-state index is 0.216. The van der Waals surface area contributed by atoms with Crippen LogP contribution in [0.5, 0.6) is 0 Å². The molecule has 0 aliphatic carbocycles. The lowest BCUT2D eigenvalue weighted by atomic mass is 10.1. The van der Waals surface area contributed by atoms with Crippen LogP contribution >= 0.6 is 36.0 Å². The van der Waals surface area contributed by atoms with Crippen LogP contribution in [0.4, 0.5) is 0 Å². The van der Waals surface area contributed by atoms with Gasteiger partial charge in [-0.15, -0.1) is 0 Å². The Hall–Kier alpha value is -1.76. The minimum Gasteiger partial charge on any atom is -0.480 e. The monoisotopic (exact) mass is 350 g/mol. The third kappa shape index (κ3) is 2.77. The van der Waals surface area contributed by atoms with Gasteiger partial charge in [0.1, 0.15) is 11.5 Å². The molecule has 0 saturated carbocycles. The standard InChI is InChI=1S/C15H11ClN2O2S2/c16-11-3-1-9(2-4-11)5-10-6-12-14(21)18(8-13(19)20)15(22)17(12)7-10/h1-4,6-7H,5,8H2,(H,19,20). The summed E-state index contributed by atoms with van der Waals surface area (Å²) in [5, 5.41) is 10.0. The number of rotatable bonds is 4. The first kappa shape index (κ1) is 15.1. The molecule has 0 saturated heterocycles. The highest BCUT2D eigenvalue weighted by Crippen LogP contribution is 2.23. The maximum atomic E-state index is 10.9. The molecule has 1 aromatic heterocycles. The smallest absolute Gasteiger partial charge is 0.323 e. The van der Waals surface area contributed by atoms with Crippen LogP contribution in [0.2, 0.25) is 5.02 Å². The Morgan fingerprint density at radius 2 is 1.86 bits per heavy atom. The SMILES string of the molecule is O=C(O)CN1C(=S)c2cc(Cc3ccc(Cl)cc3)cn2C1=S. The third-order valence-corrected chi connectivity index (χ3v) is 4.49. The zero-order valence-electron chi connectivity index (χ0n) is 11.3. The quantitative estimate of drug-likeness (QED) is 0.859. The van der Waals surface area contributed by atoms with Crippen LogP contribution in [-0.2, 0) is 11.2 Å². The zero-order chi connectivity index (χ0) is 15.9. The van der Waals surface area contributed by atoms with Gasteiger partial charge in [-0.05, 0) is 48.0 Å². The lowest BCUT2D eigenvalue weighted by molar-refractivity contribution is -0.136. The number of thiocarbonyl (C=S) groups is 2. The first-order chi connectivity index (χ1) is 10.5. The number of nitrogens with zero attached hydrogens (tertiary/aromatic N) is 2. The van der Waals surface area contributed by atoms with Crippen molar-refractivity contribution in [2.45, 2.75) is 6.42 Å². The van der Waals surface area contributed by atoms with Crippen molar-refractivity contribution in [3.8, 4) is 0 Å². The van der Waals surface area contributed by atoms with Gasteiger partial charge in [0, 0.05) is 11.2 Å². The summed E-state index contributed by atoms with van der Waals surface area (Å²) in [4.78, 5) is 12.8. The number of aliphatic carboxylic acids is 1. The van der Waals surface area contributed by atoms with Crippen molar-refractivity contribution in [1.82, 2.24) is 9.47 Å². The van der Waals surface area contributed by atoms with Gasteiger partial charge in [-0.3, -0.25) is 14.3 Å². The molecule has 0 spiro atoms. The summed E-state index contributed by atoms with van der Waals surface area (Å²) in [6.07, 6.45) is 2.64. The number of hydrogen-bond acceptors (Lipinski definition) is 3. The number of benzene rings is 1. The lowest BCUT2D eigenvalue weighted by Crippen LogP contribution is -2.35. The van der Waals surface area contributed by atoms with Crippen molar-refractivity contribution in [3.63, 3.8) is 0 Å². The molecule has 1 aliphatic heterocycles. The maximum absolute atomic E-state index is 10.9. The van der Waals surface area contributed by atoms with Crippen molar-refractivity contribution in [3.05, 3.63) is 58.4 Å². The fourth-order valence-corrected chi connectivity index (χ4v) is 3.20. The molecule has 0 fully saturated rings. The van der Waals surface area contributed by atoms with E-state index in [1.807, 2.05) is 36.5 Å². The molecule has 0 radical (unpaired) electrons. The second-order valence-corrected chi connectivity index (χ2v) is 6.16. The molecule has 0 unspecified atom stereocenters. The number of halogens is 1. The molecule has 2 heterocycles. The number of aromatic nitrogens is 1. The van der Waals surface area contributed by atoms with Crippen LogP contribution in [0.15, 0.2) is 36.5 Å². The summed E-state index contributed by atoms with van der Waals surface area (Å²) in [7, 11) is 0. The average molecular weight is 351 g/mol. The highest BCUT2D eigenvalue weighted by molar-refractivity contribution is 7.82. The zero-order valence-corrected chi connectivity index (χ0v) is 13.7. The largest absolute Gasteiger partial charge is 0.480 e. The fraction of sp³-hybridized carbons (Fsp3) is 0.133. The maximum Gasteiger partial charge on any atom is 0.323 e. The average Bonchev–Trinajstić information content (AvgIpc) is 2.97. The van der Waals surface area contributed by atoms with Crippen LogP contribution in [0.3, 0.4) is 0 Å². The van der Waals surface area contributed by atoms with Crippen LogP contribution < -0.4 is 0 Å². The Labute approximate surface area is 142 Å². The van der Waals surface area contributed by atoms with E-state index in [9.17, 15) is 4.79 Å². The summed E-state index contributed by atoms with van der Waals surface area (Å²) in [5.41, 5.74) is 2.97. The number of carboxylic acids is 1. The van der Waals surface area contributed by atoms with Crippen molar-refractivity contribution in [2.75, 3.05) is 6.54 Å². The second-order valence-electron chi connectivity index (χ2n) is 4.97. The van der Waals surface area contributed by atoms with Gasteiger partial charge in [0.15, 0.2) is 5.11 Å². The molecule has 2 aromatic rings. The van der Waals surface area contributed by atoms with Crippen LogP contribution in [0, 0.1) is 0 Å². The summed E-state index contributed by atoms with van der Waals surface area (Å²) in [6.45, 7) is -0.216. The summed E-state index contributed by atoms with van der Waals surface area (Å²) in [6, 6.07) is 9.59. The lowest BCUT2D eigenvalue weighted by Gasteiger charge is -2.14. The van der Waals surface area contributed by atoms with E-state index in [0.717, 1.165) is 23.2 Å². The van der Waals surface area contributed by atoms with Gasteiger partial charge in [-0.1, -0.05) is 36.0 Å². The topological polar surface area (TPSA) is 45.5 Å². The van der Waals surface area contributed by atoms with Gasteiger partial charge in [0.2, 0.25) is 0 Å². The number of carbonyl (C=O) groups is 1. The van der Waals surface area contributed by atoms with E-state index in [1.54, 1.807) is 4.57 Å². The van der Waals surface area contributed by atoms with Gasteiger partial charge in [0.05, 0.1) is 5.69 Å². The van der Waals surface area contributed by atoms with E-state index in [0.29, 0.717) is 15.1 Å². The molecule has 112 valence electrons. The first-order valence-corrected chi connectivity index (χ1v) is 7.69. The number of carboxylic acid groups (broad SMARTS) is 1. The molecule has 3 rings (SSSR count). The molecule has 1 N–H and O–H groups in total. The third-order valence-electron chi connectivity index (χ3n) is 3.39. The van der Waals surface area contributed by atoms with Gasteiger partial charge in [-0.2, -0.15) is 0 Å². The summed E-state index contributed by atoms with van der Waals surface area (Å²) in [5.74, 6) is -0.961. The van der Waals surface area contributed by atoms with Crippen LogP contribution in [0.25, 0.3) is 0 Å². The Balaban J connectivity index is 1.83. The van der Waals surface area contributed by atoms with Crippen molar-refractivity contribution < 1.29 is 9.90 Å². The highest BCUT2D eigenvalue weighted by atomic mass is 35.5. The Kier molecular flexibility index (Phi) is 3.99. The predicted octanol–water partition coefficient (Wildman–Crippen LogP) is 2.94. The van der Waals surface area contributed by atoms with Gasteiger partial charge in [0.25, 0.3) is 0 Å². The van der Waals surface area contributed by atoms with E-state index in [4.69, 9.17) is 41.1 Å². The summed E-state index contributed by atoms with van der Waals surface area (Å²) >= 11 is 16.5. The molecule has 7 heteroatoms. The molecular formula is C15H11ClN2O2S2. The summed E-state index contributed by atoms with van der Waals surface area (Å²) < 4.78 is 1.77. The first-order valence-electron chi connectivity index (χ1n) is 6.49. The predicted molar refractivity (Wildman–Crippen MR) is 92.7 cm³/mol. The Morgan fingerprint density at radius 1 is 1.18 bits per heavy atom. The Bertz CT molecular complexity index is 750. The molecular weight excluding hydrogens is 340 g/mol. The number of hydrogen-bond donors (Lipinski definition) is 1. The Morgan fingerprint density at radius 3 is 2.45 bits per heavy atom. The molecule has 1 aliphatic rings. The molecule has 22 heavy (non-hydrogen) atoms. The second kappa shape index (κ2) is 5.79. The van der Waals surface area contributed by atoms with Crippen LogP contribution in [0.1, 0.15) is 16.8 Å². The molecule has 0 bridgehead atoms. The highest BCUT2D eigenvalue weighted by Gasteiger charge is 2.31. The molecule has 1 aromatic carbocycles. The minimum atomic E-state index is -0.961. The van der Waals surface area contributed by atoms with E-state index in [1.165, 1.54) is 4.90 Å². The van der Waals surface area contributed by atoms with Crippen LogP contribution in [-0.4, -0.2) is 37.2 Å². The molecule has 0 amide bonds. The fourth-order valence-electron chi connectivity index (χ4n) is 2.41. The van der Waals surface area contributed by atoms with E-state index in [-0.39, 0.29) is 6.54 Å². The van der Waals surface area contributed by atoms with Crippen molar-refractivity contribution in [1.29, 1.82) is 0 Å². The van der Waals surface area contributed by atoms with Gasteiger partial charge < -0.3 is 5.11 Å². The number of fused-ring (bicyclic) bond motifs is 1. The van der Waals surface area contributed by atoms with E-state index in [2.05, 4.69) is 0 Å². The molecule has 0 atom stereocenters. The van der Waals surface area contributed by atoms with Crippen molar-refractivity contribution in [2.24, 2.45) is 0 Å². The van der Waals surface area contributed by atoms with E-state index >= 15 is 0 Å².